The van der Waals surface area contributed by atoms with Crippen LogP contribution in [0.4, 0.5) is 10.1 Å². The topological polar surface area (TPSA) is 92.4 Å². The van der Waals surface area contributed by atoms with Gasteiger partial charge in [0.25, 0.3) is 0 Å². The van der Waals surface area contributed by atoms with Crippen molar-refractivity contribution >= 4 is 17.5 Å². The van der Waals surface area contributed by atoms with E-state index in [-0.39, 0.29) is 11.3 Å². The van der Waals surface area contributed by atoms with Crippen LogP contribution < -0.4 is 11.1 Å². The number of hydrogen-bond donors (Lipinski definition) is 3. The maximum Gasteiger partial charge on any atom is 0.227 e. The lowest BCUT2D eigenvalue weighted by Gasteiger charge is -2.14. The minimum Gasteiger partial charge on any atom is -0.395 e. The summed E-state index contributed by atoms with van der Waals surface area (Å²) in [5, 5.41) is 11.3. The molecule has 0 saturated carbocycles. The number of nitrogens with one attached hydrogen (secondary N) is 1. The van der Waals surface area contributed by atoms with E-state index in [0.29, 0.717) is 0 Å². The zero-order valence-electron chi connectivity index (χ0n) is 9.24. The molecular weight excluding hydrogens is 227 g/mol. The van der Waals surface area contributed by atoms with Crippen LogP contribution in [0.3, 0.4) is 0 Å². The molecule has 2 amide bonds. The first-order valence-corrected chi connectivity index (χ1v) is 4.93. The highest BCUT2D eigenvalue weighted by atomic mass is 19.1. The number of anilines is 1. The monoisotopic (exact) mass is 240 g/mol. The van der Waals surface area contributed by atoms with Crippen molar-refractivity contribution in [2.45, 2.75) is 12.8 Å². The molecule has 17 heavy (non-hydrogen) atoms. The van der Waals surface area contributed by atoms with E-state index < -0.39 is 30.2 Å². The second-order valence-electron chi connectivity index (χ2n) is 3.53. The second-order valence-corrected chi connectivity index (χ2v) is 3.53. The van der Waals surface area contributed by atoms with Crippen molar-refractivity contribution in [2.24, 2.45) is 5.73 Å². The van der Waals surface area contributed by atoms with Gasteiger partial charge in [-0.05, 0) is 6.07 Å². The Balaban J connectivity index is 3.17. The van der Waals surface area contributed by atoms with Gasteiger partial charge in [0, 0.05) is 12.5 Å². The van der Waals surface area contributed by atoms with Crippen LogP contribution in [0.1, 0.15) is 18.4 Å². The van der Waals surface area contributed by atoms with E-state index in [1.807, 2.05) is 0 Å². The minimum absolute atomic E-state index is 0.0359. The molecular formula is C11H13FN2O3. The molecule has 0 heterocycles. The highest BCUT2D eigenvalue weighted by molar-refractivity contribution is 5.89. The van der Waals surface area contributed by atoms with Crippen molar-refractivity contribution in [3.05, 3.63) is 29.6 Å². The third-order valence-electron chi connectivity index (χ3n) is 2.24. The van der Waals surface area contributed by atoms with E-state index in [4.69, 9.17) is 10.8 Å². The number of aliphatic hydroxyl groups is 1. The molecule has 0 aliphatic carbocycles. The van der Waals surface area contributed by atoms with Gasteiger partial charge in [0.1, 0.15) is 0 Å². The number of hydrogen-bond acceptors (Lipinski definition) is 3. The molecule has 1 atom stereocenters. The Bertz CT molecular complexity index is 448. The highest BCUT2D eigenvalue weighted by Gasteiger charge is 2.22. The SMILES string of the molecule is CC(=O)Nc1cccc(C(CO)C(N)=O)c1F. The van der Waals surface area contributed by atoms with Crippen LogP contribution in [0.2, 0.25) is 0 Å². The van der Waals surface area contributed by atoms with Crippen molar-refractivity contribution in [1.29, 1.82) is 0 Å². The molecule has 0 saturated heterocycles. The summed E-state index contributed by atoms with van der Waals surface area (Å²) < 4.78 is 13.9. The highest BCUT2D eigenvalue weighted by Crippen LogP contribution is 2.24. The summed E-state index contributed by atoms with van der Waals surface area (Å²) in [4.78, 5) is 21.9. The average molecular weight is 240 g/mol. The van der Waals surface area contributed by atoms with E-state index in [1.54, 1.807) is 0 Å². The molecule has 6 heteroatoms. The third kappa shape index (κ3) is 3.01. The Morgan fingerprint density at radius 3 is 2.65 bits per heavy atom. The number of halogens is 1. The Morgan fingerprint density at radius 1 is 1.53 bits per heavy atom. The summed E-state index contributed by atoms with van der Waals surface area (Å²) in [6, 6.07) is 4.16. The fourth-order valence-corrected chi connectivity index (χ4v) is 1.45. The van der Waals surface area contributed by atoms with E-state index in [2.05, 4.69) is 5.32 Å². The normalized spacial score (nSPS) is 11.9. The van der Waals surface area contributed by atoms with Gasteiger partial charge in [0.15, 0.2) is 5.82 Å². The summed E-state index contributed by atoms with van der Waals surface area (Å²) in [5.41, 5.74) is 4.96. The number of amides is 2. The number of rotatable bonds is 4. The molecule has 0 bridgehead atoms. The number of carbonyl (C=O) groups excluding carboxylic acids is 2. The lowest BCUT2D eigenvalue weighted by Crippen LogP contribution is -2.25. The minimum atomic E-state index is -1.12. The molecule has 0 aliphatic heterocycles. The van der Waals surface area contributed by atoms with Crippen molar-refractivity contribution in [3.8, 4) is 0 Å². The largest absolute Gasteiger partial charge is 0.395 e. The predicted molar refractivity (Wildman–Crippen MR) is 59.7 cm³/mol. The van der Waals surface area contributed by atoms with Gasteiger partial charge in [-0.2, -0.15) is 0 Å². The van der Waals surface area contributed by atoms with Crippen molar-refractivity contribution in [2.75, 3.05) is 11.9 Å². The van der Waals surface area contributed by atoms with Crippen LogP contribution in [0.5, 0.6) is 0 Å². The van der Waals surface area contributed by atoms with Gasteiger partial charge in [-0.3, -0.25) is 9.59 Å². The first-order valence-electron chi connectivity index (χ1n) is 4.93. The van der Waals surface area contributed by atoms with Gasteiger partial charge >= 0.3 is 0 Å². The molecule has 1 aromatic carbocycles. The first-order chi connectivity index (χ1) is 7.97. The lowest BCUT2D eigenvalue weighted by molar-refractivity contribution is -0.120. The van der Waals surface area contributed by atoms with Gasteiger partial charge in [0.2, 0.25) is 11.8 Å². The summed E-state index contributed by atoms with van der Waals surface area (Å²) in [6.45, 7) is 0.652. The fraction of sp³-hybridized carbons (Fsp3) is 0.273. The molecule has 0 radical (unpaired) electrons. The Kier molecular flexibility index (Phi) is 4.17. The van der Waals surface area contributed by atoms with Crippen LogP contribution in [0.25, 0.3) is 0 Å². The van der Waals surface area contributed by atoms with Crippen LogP contribution in [-0.4, -0.2) is 23.5 Å². The molecule has 1 unspecified atom stereocenters. The van der Waals surface area contributed by atoms with Crippen LogP contribution in [0.15, 0.2) is 18.2 Å². The zero-order valence-corrected chi connectivity index (χ0v) is 9.24. The average Bonchev–Trinajstić information content (AvgIpc) is 2.23. The molecule has 0 aromatic heterocycles. The van der Waals surface area contributed by atoms with Gasteiger partial charge in [0.05, 0.1) is 18.2 Å². The number of benzene rings is 1. The van der Waals surface area contributed by atoms with E-state index in [0.717, 1.165) is 0 Å². The van der Waals surface area contributed by atoms with Crippen molar-refractivity contribution in [3.63, 3.8) is 0 Å². The van der Waals surface area contributed by atoms with Crippen molar-refractivity contribution < 1.29 is 19.1 Å². The summed E-state index contributed by atoms with van der Waals surface area (Å²) in [5.74, 6) is -3.14. The number of primary amides is 1. The maximum absolute atomic E-state index is 13.9. The Labute approximate surface area is 97.4 Å². The molecule has 0 fully saturated rings. The second kappa shape index (κ2) is 5.40. The quantitative estimate of drug-likeness (QED) is 0.708. The molecule has 1 aromatic rings. The molecule has 0 spiro atoms. The van der Waals surface area contributed by atoms with Gasteiger partial charge in [-0.15, -0.1) is 0 Å². The van der Waals surface area contributed by atoms with E-state index >= 15 is 0 Å². The first kappa shape index (κ1) is 13.1. The van der Waals surface area contributed by atoms with Crippen LogP contribution in [-0.2, 0) is 9.59 Å². The molecule has 1 rings (SSSR count). The van der Waals surface area contributed by atoms with Gasteiger partial charge < -0.3 is 16.2 Å². The Hall–Kier alpha value is -1.95. The summed E-state index contributed by atoms with van der Waals surface area (Å²) in [7, 11) is 0. The summed E-state index contributed by atoms with van der Waals surface area (Å²) >= 11 is 0. The van der Waals surface area contributed by atoms with Crippen LogP contribution >= 0.6 is 0 Å². The van der Waals surface area contributed by atoms with Gasteiger partial charge in [-0.25, -0.2) is 4.39 Å². The van der Waals surface area contributed by atoms with Crippen molar-refractivity contribution in [1.82, 2.24) is 0 Å². The number of aliphatic hydroxyl groups excluding tert-OH is 1. The third-order valence-corrected chi connectivity index (χ3v) is 2.24. The molecule has 4 N–H and O–H groups in total. The lowest BCUT2D eigenvalue weighted by atomic mass is 9.98. The van der Waals surface area contributed by atoms with E-state index in [1.165, 1.54) is 25.1 Å². The maximum atomic E-state index is 13.9. The number of nitrogens with two attached hydrogens (primary N) is 1. The fourth-order valence-electron chi connectivity index (χ4n) is 1.45. The zero-order chi connectivity index (χ0) is 13.0. The predicted octanol–water partition coefficient (Wildman–Crippen LogP) is 0.345. The number of carbonyl (C=O) groups is 2. The summed E-state index contributed by atoms with van der Waals surface area (Å²) in [6.07, 6.45) is 0. The Morgan fingerprint density at radius 2 is 2.18 bits per heavy atom. The van der Waals surface area contributed by atoms with Crippen LogP contribution in [0, 0.1) is 5.82 Å². The standard InChI is InChI=1S/C11H13FN2O3/c1-6(16)14-9-4-2-3-7(10(9)12)8(5-15)11(13)17/h2-4,8,15H,5H2,1H3,(H2,13,17)(H,14,16). The smallest absolute Gasteiger partial charge is 0.227 e. The molecule has 0 aliphatic rings. The van der Waals surface area contributed by atoms with Gasteiger partial charge in [-0.1, -0.05) is 12.1 Å². The molecule has 5 nitrogen and oxygen atoms in total. The van der Waals surface area contributed by atoms with E-state index in [9.17, 15) is 14.0 Å². The molecule has 92 valence electrons.